The van der Waals surface area contributed by atoms with Gasteiger partial charge in [-0.15, -0.1) is 0 Å². The number of benzene rings is 2. The van der Waals surface area contributed by atoms with Gasteiger partial charge in [0.05, 0.1) is 0 Å². The second kappa shape index (κ2) is 6.21. The van der Waals surface area contributed by atoms with Crippen LogP contribution in [0.4, 0.5) is 0 Å². The van der Waals surface area contributed by atoms with E-state index in [0.717, 1.165) is 21.2 Å². The molecular weight excluding hydrogens is 364 g/mol. The highest BCUT2D eigenvalue weighted by Gasteiger charge is 2.25. The van der Waals surface area contributed by atoms with E-state index >= 15 is 0 Å². The molecule has 2 heterocycles. The molecule has 1 aliphatic heterocycles. The molecule has 2 aromatic carbocycles. The Hall–Kier alpha value is -2.46. The molecule has 0 spiro atoms. The average Bonchev–Trinajstić information content (AvgIpc) is 3.08. The molecule has 3 aromatic rings. The van der Waals surface area contributed by atoms with Crippen LogP contribution in [0.25, 0.3) is 11.1 Å². The van der Waals surface area contributed by atoms with Crippen LogP contribution in [0.15, 0.2) is 71.5 Å². The lowest BCUT2D eigenvalue weighted by Crippen LogP contribution is -2.25. The zero-order valence-electron chi connectivity index (χ0n) is 12.9. The molecule has 0 bridgehead atoms. The van der Waals surface area contributed by atoms with Gasteiger partial charge in [0.15, 0.2) is 0 Å². The van der Waals surface area contributed by atoms with E-state index in [1.165, 1.54) is 11.1 Å². The molecule has 0 atom stereocenters. The van der Waals surface area contributed by atoms with E-state index < -0.39 is 0 Å². The number of fused-ring (bicyclic) bond motifs is 1. The van der Waals surface area contributed by atoms with Crippen molar-refractivity contribution in [2.75, 3.05) is 0 Å². The molecule has 1 aliphatic rings. The van der Waals surface area contributed by atoms with Gasteiger partial charge in [-0.1, -0.05) is 40.2 Å². The van der Waals surface area contributed by atoms with E-state index in [9.17, 15) is 4.79 Å². The summed E-state index contributed by atoms with van der Waals surface area (Å²) in [6, 6.07) is 17.8. The van der Waals surface area contributed by atoms with Gasteiger partial charge in [0.1, 0.15) is 0 Å². The fourth-order valence-electron chi connectivity index (χ4n) is 3.06. The van der Waals surface area contributed by atoms with Gasteiger partial charge >= 0.3 is 0 Å². The number of amides is 1. The number of halogens is 1. The van der Waals surface area contributed by atoms with Crippen LogP contribution < -0.4 is 0 Å². The Balaban J connectivity index is 1.55. The highest BCUT2D eigenvalue weighted by Crippen LogP contribution is 2.30. The van der Waals surface area contributed by atoms with Crippen molar-refractivity contribution in [2.24, 2.45) is 0 Å². The first-order valence-electron chi connectivity index (χ1n) is 7.78. The van der Waals surface area contributed by atoms with Gasteiger partial charge in [0, 0.05) is 35.5 Å². The number of hydrogen-bond donors (Lipinski definition) is 0. The zero-order valence-corrected chi connectivity index (χ0v) is 14.5. The van der Waals surface area contributed by atoms with Crippen molar-refractivity contribution >= 4 is 21.8 Å². The number of carbonyl (C=O) groups is 1. The maximum absolute atomic E-state index is 12.8. The highest BCUT2D eigenvalue weighted by atomic mass is 79.9. The van der Waals surface area contributed by atoms with Crippen molar-refractivity contribution in [3.05, 3.63) is 88.2 Å². The quantitative estimate of drug-likeness (QED) is 0.649. The number of aromatic nitrogens is 1. The van der Waals surface area contributed by atoms with Crippen molar-refractivity contribution in [3.63, 3.8) is 0 Å². The lowest BCUT2D eigenvalue weighted by Gasteiger charge is -2.15. The predicted octanol–water partition coefficient (Wildman–Crippen LogP) is 4.67. The Morgan fingerprint density at radius 3 is 2.33 bits per heavy atom. The summed E-state index contributed by atoms with van der Waals surface area (Å²) in [6.07, 6.45) is 3.54. The molecule has 0 saturated carbocycles. The Kier molecular flexibility index (Phi) is 3.90. The summed E-state index contributed by atoms with van der Waals surface area (Å²) in [7, 11) is 0. The molecule has 118 valence electrons. The number of rotatable bonds is 2. The van der Waals surface area contributed by atoms with Crippen LogP contribution in [0, 0.1) is 0 Å². The Morgan fingerprint density at radius 2 is 1.62 bits per heavy atom. The Morgan fingerprint density at radius 1 is 0.917 bits per heavy atom. The third-order valence-electron chi connectivity index (χ3n) is 4.36. The molecule has 0 N–H and O–H groups in total. The van der Waals surface area contributed by atoms with Crippen molar-refractivity contribution in [3.8, 4) is 11.1 Å². The largest absolute Gasteiger partial charge is 0.330 e. The lowest BCUT2D eigenvalue weighted by atomic mass is 10.0. The molecule has 1 amide bonds. The van der Waals surface area contributed by atoms with Crippen LogP contribution in [0.5, 0.6) is 0 Å². The van der Waals surface area contributed by atoms with Crippen molar-refractivity contribution < 1.29 is 4.79 Å². The topological polar surface area (TPSA) is 33.2 Å². The first kappa shape index (κ1) is 15.1. The molecule has 24 heavy (non-hydrogen) atoms. The molecule has 0 radical (unpaired) electrons. The van der Waals surface area contributed by atoms with Crippen molar-refractivity contribution in [1.29, 1.82) is 0 Å². The van der Waals surface area contributed by atoms with E-state index in [1.54, 1.807) is 12.4 Å². The monoisotopic (exact) mass is 378 g/mol. The lowest BCUT2D eigenvalue weighted by molar-refractivity contribution is 0.0751. The summed E-state index contributed by atoms with van der Waals surface area (Å²) in [5, 5.41) is 0. The predicted molar refractivity (Wildman–Crippen MR) is 97.4 cm³/mol. The molecule has 3 nitrogen and oxygen atoms in total. The fourth-order valence-corrected chi connectivity index (χ4v) is 3.59. The number of carbonyl (C=O) groups excluding carboxylic acids is 1. The van der Waals surface area contributed by atoms with Gasteiger partial charge < -0.3 is 4.90 Å². The van der Waals surface area contributed by atoms with Crippen LogP contribution >= 0.6 is 15.9 Å². The molecular formula is C20H15BrN2O. The van der Waals surface area contributed by atoms with Crippen molar-refractivity contribution in [2.45, 2.75) is 13.1 Å². The normalized spacial score (nSPS) is 13.0. The average molecular weight is 379 g/mol. The van der Waals surface area contributed by atoms with E-state index in [-0.39, 0.29) is 5.91 Å². The molecule has 4 rings (SSSR count). The van der Waals surface area contributed by atoms with E-state index in [4.69, 9.17) is 0 Å². The van der Waals surface area contributed by atoms with E-state index in [1.807, 2.05) is 53.4 Å². The molecule has 4 heteroatoms. The number of nitrogens with zero attached hydrogens (tertiary/aromatic N) is 2. The first-order valence-corrected chi connectivity index (χ1v) is 8.58. The third kappa shape index (κ3) is 2.74. The second-order valence-electron chi connectivity index (χ2n) is 5.85. The summed E-state index contributed by atoms with van der Waals surface area (Å²) in [5.74, 6) is 0.0689. The maximum atomic E-state index is 12.8. The minimum atomic E-state index is 0.0689. The van der Waals surface area contributed by atoms with Crippen LogP contribution in [0.1, 0.15) is 21.5 Å². The van der Waals surface area contributed by atoms with Crippen LogP contribution in [-0.4, -0.2) is 15.8 Å². The van der Waals surface area contributed by atoms with Crippen molar-refractivity contribution in [1.82, 2.24) is 9.88 Å². The highest BCUT2D eigenvalue weighted by molar-refractivity contribution is 9.10. The van der Waals surface area contributed by atoms with Gasteiger partial charge in [-0.2, -0.15) is 0 Å². The minimum Gasteiger partial charge on any atom is -0.330 e. The van der Waals surface area contributed by atoms with Gasteiger partial charge in [-0.3, -0.25) is 9.78 Å². The summed E-state index contributed by atoms with van der Waals surface area (Å²) in [4.78, 5) is 18.7. The molecule has 0 aliphatic carbocycles. The molecule has 0 unspecified atom stereocenters. The van der Waals surface area contributed by atoms with Gasteiger partial charge in [0.2, 0.25) is 0 Å². The Labute approximate surface area is 149 Å². The molecule has 1 aromatic heterocycles. The summed E-state index contributed by atoms with van der Waals surface area (Å²) >= 11 is 3.57. The minimum absolute atomic E-state index is 0.0689. The molecule has 0 saturated heterocycles. The maximum Gasteiger partial charge on any atom is 0.254 e. The van der Waals surface area contributed by atoms with Gasteiger partial charge in [-0.05, 0) is 52.6 Å². The fraction of sp³-hybridized carbons (Fsp3) is 0.100. The van der Waals surface area contributed by atoms with Crippen LogP contribution in [0.3, 0.4) is 0 Å². The zero-order chi connectivity index (χ0) is 16.5. The van der Waals surface area contributed by atoms with E-state index in [2.05, 4.69) is 27.0 Å². The first-order chi connectivity index (χ1) is 11.7. The number of pyridine rings is 1. The second-order valence-corrected chi connectivity index (χ2v) is 6.71. The smallest absolute Gasteiger partial charge is 0.254 e. The van der Waals surface area contributed by atoms with Gasteiger partial charge in [-0.25, -0.2) is 0 Å². The summed E-state index contributed by atoms with van der Waals surface area (Å²) in [6.45, 7) is 1.32. The van der Waals surface area contributed by atoms with Crippen LogP contribution in [-0.2, 0) is 13.1 Å². The van der Waals surface area contributed by atoms with Crippen LogP contribution in [0.2, 0.25) is 0 Å². The molecule has 0 fully saturated rings. The SMILES string of the molecule is O=C(c1ccc(-c2ccncc2)cc1)N1Cc2cccc(Br)c2C1. The summed E-state index contributed by atoms with van der Waals surface area (Å²) < 4.78 is 1.07. The van der Waals surface area contributed by atoms with E-state index in [0.29, 0.717) is 13.1 Å². The summed E-state index contributed by atoms with van der Waals surface area (Å²) in [5.41, 5.74) is 5.32. The Bertz CT molecular complexity index is 891. The third-order valence-corrected chi connectivity index (χ3v) is 5.10. The van der Waals surface area contributed by atoms with Gasteiger partial charge in [0.25, 0.3) is 5.91 Å². The number of hydrogen-bond acceptors (Lipinski definition) is 2. The standard InChI is InChI=1S/C20H15BrN2O/c21-19-3-1-2-17-12-23(13-18(17)19)20(24)16-6-4-14(5-7-16)15-8-10-22-11-9-15/h1-11H,12-13H2.